The summed E-state index contributed by atoms with van der Waals surface area (Å²) < 4.78 is 0. The van der Waals surface area contributed by atoms with Crippen LogP contribution >= 0.6 is 0 Å². The van der Waals surface area contributed by atoms with Gasteiger partial charge in [0.15, 0.2) is 0 Å². The van der Waals surface area contributed by atoms with Crippen LogP contribution in [0.3, 0.4) is 0 Å². The van der Waals surface area contributed by atoms with Crippen LogP contribution in [0.2, 0.25) is 0 Å². The molecule has 2 aliphatic carbocycles. The van der Waals surface area contributed by atoms with Crippen LogP contribution in [0.15, 0.2) is 11.8 Å². The van der Waals surface area contributed by atoms with Crippen molar-refractivity contribution in [3.8, 4) is 0 Å². The number of hydrogen-bond acceptors (Lipinski definition) is 2. The molecule has 0 bridgehead atoms. The Balaban J connectivity index is 1.76. The van der Waals surface area contributed by atoms with Gasteiger partial charge in [-0.3, -0.25) is 9.59 Å². The van der Waals surface area contributed by atoms with E-state index in [1.165, 1.54) is 18.5 Å². The van der Waals surface area contributed by atoms with Gasteiger partial charge in [0.2, 0.25) is 11.8 Å². The van der Waals surface area contributed by atoms with Gasteiger partial charge in [0.05, 0.1) is 0 Å². The number of primary amides is 1. The lowest BCUT2D eigenvalue weighted by atomic mass is 9.59. The normalized spacial score (nSPS) is 38.5. The molecule has 1 heterocycles. The van der Waals surface area contributed by atoms with E-state index in [1.807, 2.05) is 0 Å². The zero-order valence-electron chi connectivity index (χ0n) is 13.7. The van der Waals surface area contributed by atoms with Gasteiger partial charge in [0, 0.05) is 24.5 Å². The van der Waals surface area contributed by atoms with Crippen molar-refractivity contribution in [1.82, 2.24) is 5.32 Å². The van der Waals surface area contributed by atoms with Crippen molar-refractivity contribution in [2.75, 3.05) is 0 Å². The maximum atomic E-state index is 11.6. The SMILES string of the molecule is C[C@@H](CCC(N)=O)[C@@H]1CC[C@@H]2[C@H]3CCC(=O)NC3=CC[C@]21C. The number of fused-ring (bicyclic) bond motifs is 3. The van der Waals surface area contributed by atoms with Crippen molar-refractivity contribution in [3.63, 3.8) is 0 Å². The second-order valence-electron chi connectivity index (χ2n) is 7.84. The van der Waals surface area contributed by atoms with Gasteiger partial charge in [-0.2, -0.15) is 0 Å². The van der Waals surface area contributed by atoms with Crippen molar-refractivity contribution >= 4 is 11.8 Å². The highest BCUT2D eigenvalue weighted by atomic mass is 16.2. The van der Waals surface area contributed by atoms with Gasteiger partial charge in [0.25, 0.3) is 0 Å². The number of rotatable bonds is 4. The summed E-state index contributed by atoms with van der Waals surface area (Å²) in [7, 11) is 0. The lowest BCUT2D eigenvalue weighted by molar-refractivity contribution is -0.122. The molecular weight excluding hydrogens is 276 g/mol. The van der Waals surface area contributed by atoms with Crippen LogP contribution in [0.5, 0.6) is 0 Å². The minimum absolute atomic E-state index is 0.176. The van der Waals surface area contributed by atoms with Gasteiger partial charge < -0.3 is 11.1 Å². The molecule has 4 nitrogen and oxygen atoms in total. The van der Waals surface area contributed by atoms with E-state index in [4.69, 9.17) is 5.73 Å². The molecule has 4 heteroatoms. The minimum atomic E-state index is -0.188. The van der Waals surface area contributed by atoms with Crippen molar-refractivity contribution in [2.45, 2.75) is 58.8 Å². The van der Waals surface area contributed by atoms with Gasteiger partial charge in [-0.05, 0) is 55.3 Å². The summed E-state index contributed by atoms with van der Waals surface area (Å²) in [5.74, 6) is 2.39. The van der Waals surface area contributed by atoms with Gasteiger partial charge in [-0.25, -0.2) is 0 Å². The van der Waals surface area contributed by atoms with E-state index in [0.717, 1.165) is 19.3 Å². The standard InChI is InChI=1S/C18H28N2O2/c1-11(3-7-16(19)21)13-5-6-14-12-4-8-17(22)20-15(12)9-10-18(13,14)2/h9,11-14H,3-8,10H2,1-2H3,(H2,19,21)(H,20,22)/t11-,12+,13-,14+,18-/m0/s1. The second-order valence-corrected chi connectivity index (χ2v) is 7.84. The number of carbonyl (C=O) groups is 2. The van der Waals surface area contributed by atoms with Gasteiger partial charge >= 0.3 is 0 Å². The molecule has 5 atom stereocenters. The molecule has 3 N–H and O–H groups in total. The number of piperidine rings is 1. The van der Waals surface area contributed by atoms with Gasteiger partial charge in [-0.15, -0.1) is 0 Å². The fourth-order valence-electron chi connectivity index (χ4n) is 5.47. The molecule has 122 valence electrons. The molecule has 0 unspecified atom stereocenters. The summed E-state index contributed by atoms with van der Waals surface area (Å²) >= 11 is 0. The predicted molar refractivity (Wildman–Crippen MR) is 85.5 cm³/mol. The third kappa shape index (κ3) is 2.57. The van der Waals surface area contributed by atoms with Crippen LogP contribution < -0.4 is 11.1 Å². The quantitative estimate of drug-likeness (QED) is 0.838. The molecule has 0 radical (unpaired) electrons. The van der Waals surface area contributed by atoms with Crippen molar-refractivity contribution < 1.29 is 9.59 Å². The van der Waals surface area contributed by atoms with Crippen LogP contribution in [0.1, 0.15) is 58.8 Å². The molecule has 3 rings (SSSR count). The van der Waals surface area contributed by atoms with Crippen LogP contribution in [0, 0.1) is 29.1 Å². The molecule has 0 aromatic carbocycles. The Kier molecular flexibility index (Phi) is 4.04. The third-order valence-electron chi connectivity index (χ3n) is 6.63. The number of hydrogen-bond donors (Lipinski definition) is 2. The molecule has 1 saturated heterocycles. The largest absolute Gasteiger partial charge is 0.370 e. The highest BCUT2D eigenvalue weighted by Crippen LogP contribution is 2.60. The summed E-state index contributed by atoms with van der Waals surface area (Å²) in [6.07, 6.45) is 8.88. The minimum Gasteiger partial charge on any atom is -0.370 e. The number of carbonyl (C=O) groups excluding carboxylic acids is 2. The number of nitrogens with one attached hydrogen (secondary N) is 1. The monoisotopic (exact) mass is 304 g/mol. The van der Waals surface area contributed by atoms with E-state index in [0.29, 0.717) is 41.9 Å². The Morgan fingerprint density at radius 3 is 2.95 bits per heavy atom. The van der Waals surface area contributed by atoms with E-state index in [1.54, 1.807) is 0 Å². The Hall–Kier alpha value is -1.32. The zero-order chi connectivity index (χ0) is 15.9. The second kappa shape index (κ2) is 5.71. The van der Waals surface area contributed by atoms with E-state index in [2.05, 4.69) is 25.2 Å². The number of nitrogens with two attached hydrogens (primary N) is 1. The predicted octanol–water partition coefficient (Wildman–Crippen LogP) is 2.73. The Bertz CT molecular complexity index is 513. The molecule has 2 amide bonds. The molecule has 1 saturated carbocycles. The summed E-state index contributed by atoms with van der Waals surface area (Å²) in [5, 5.41) is 3.09. The Morgan fingerprint density at radius 1 is 1.45 bits per heavy atom. The van der Waals surface area contributed by atoms with Crippen molar-refractivity contribution in [3.05, 3.63) is 11.8 Å². The molecule has 1 aliphatic heterocycles. The van der Waals surface area contributed by atoms with E-state index in [-0.39, 0.29) is 11.8 Å². The van der Waals surface area contributed by atoms with E-state index < -0.39 is 0 Å². The molecule has 0 aromatic rings. The first-order valence-corrected chi connectivity index (χ1v) is 8.70. The van der Waals surface area contributed by atoms with E-state index in [9.17, 15) is 9.59 Å². The summed E-state index contributed by atoms with van der Waals surface area (Å²) in [5.41, 5.74) is 6.81. The molecular formula is C18H28N2O2. The van der Waals surface area contributed by atoms with E-state index >= 15 is 0 Å². The van der Waals surface area contributed by atoms with Crippen LogP contribution in [0.25, 0.3) is 0 Å². The maximum absolute atomic E-state index is 11.6. The first kappa shape index (κ1) is 15.6. The summed E-state index contributed by atoms with van der Waals surface area (Å²) in [6.45, 7) is 4.71. The first-order chi connectivity index (χ1) is 10.4. The van der Waals surface area contributed by atoms with Crippen LogP contribution in [-0.4, -0.2) is 11.8 Å². The third-order valence-corrected chi connectivity index (χ3v) is 6.63. The number of allylic oxidation sites excluding steroid dienone is 2. The van der Waals surface area contributed by atoms with Crippen molar-refractivity contribution in [2.24, 2.45) is 34.8 Å². The fraction of sp³-hybridized carbons (Fsp3) is 0.778. The molecule has 0 aromatic heterocycles. The zero-order valence-corrected chi connectivity index (χ0v) is 13.7. The highest BCUT2D eigenvalue weighted by Gasteiger charge is 2.53. The molecule has 2 fully saturated rings. The average Bonchev–Trinajstić information content (AvgIpc) is 2.82. The summed E-state index contributed by atoms with van der Waals surface area (Å²) in [4.78, 5) is 22.7. The van der Waals surface area contributed by atoms with Crippen molar-refractivity contribution in [1.29, 1.82) is 0 Å². The fourth-order valence-corrected chi connectivity index (χ4v) is 5.47. The topological polar surface area (TPSA) is 72.2 Å². The average molecular weight is 304 g/mol. The maximum Gasteiger partial charge on any atom is 0.224 e. The number of amides is 2. The lowest BCUT2D eigenvalue weighted by Crippen LogP contribution is -2.45. The summed E-state index contributed by atoms with van der Waals surface area (Å²) in [6, 6.07) is 0. The molecule has 0 spiro atoms. The first-order valence-electron chi connectivity index (χ1n) is 8.70. The van der Waals surface area contributed by atoms with Crippen LogP contribution in [0.4, 0.5) is 0 Å². The smallest absolute Gasteiger partial charge is 0.224 e. The lowest BCUT2D eigenvalue weighted by Gasteiger charge is -2.47. The molecule has 3 aliphatic rings. The molecule has 22 heavy (non-hydrogen) atoms. The highest BCUT2D eigenvalue weighted by molar-refractivity contribution is 5.79. The van der Waals surface area contributed by atoms with Gasteiger partial charge in [0.1, 0.15) is 0 Å². The van der Waals surface area contributed by atoms with Crippen LogP contribution in [-0.2, 0) is 9.59 Å². The Morgan fingerprint density at radius 2 is 2.23 bits per heavy atom. The van der Waals surface area contributed by atoms with Gasteiger partial charge in [-0.1, -0.05) is 19.9 Å². The Labute approximate surface area is 132 Å².